The van der Waals surface area contributed by atoms with Crippen LogP contribution in [-0.2, 0) is 4.79 Å². The molecule has 82 valence electrons. The highest BCUT2D eigenvalue weighted by Crippen LogP contribution is 2.12. The van der Waals surface area contributed by atoms with Crippen molar-refractivity contribution in [1.29, 1.82) is 5.53 Å². The Kier molecular flexibility index (Phi) is 4.00. The van der Waals surface area contributed by atoms with Crippen LogP contribution >= 0.6 is 0 Å². The molecule has 1 aromatic rings. The zero-order valence-electron chi connectivity index (χ0n) is 8.68. The van der Waals surface area contributed by atoms with Crippen molar-refractivity contribution in [2.75, 3.05) is 7.11 Å². The van der Waals surface area contributed by atoms with E-state index in [-0.39, 0.29) is 5.71 Å². The Morgan fingerprint density at radius 1 is 1.44 bits per heavy atom. The van der Waals surface area contributed by atoms with Crippen molar-refractivity contribution < 1.29 is 19.4 Å². The van der Waals surface area contributed by atoms with E-state index in [4.69, 9.17) is 15.4 Å². The molecule has 0 saturated heterocycles. The standard InChI is InChI=1S/C11H10N2O3/c1-16-9-5-2-8(3-6-9)4-7-10(13-12)11(14)15/h2-7,12H,1H3/p+1. The van der Waals surface area contributed by atoms with Crippen molar-refractivity contribution in [3.63, 3.8) is 0 Å². The maximum absolute atomic E-state index is 10.5. The van der Waals surface area contributed by atoms with Gasteiger partial charge in [-0.1, -0.05) is 12.1 Å². The zero-order chi connectivity index (χ0) is 12.0. The molecular formula is C11H11N2O3+. The molecule has 16 heavy (non-hydrogen) atoms. The Morgan fingerprint density at radius 3 is 2.50 bits per heavy atom. The zero-order valence-corrected chi connectivity index (χ0v) is 8.68. The lowest BCUT2D eigenvalue weighted by Gasteiger charge is -1.98. The summed E-state index contributed by atoms with van der Waals surface area (Å²) in [5, 5.41) is 8.61. The number of nitrogens with zero attached hydrogens (tertiary/aromatic N) is 1. The minimum atomic E-state index is -1.22. The Labute approximate surface area is 92.2 Å². The number of hydrogen-bond acceptors (Lipinski definition) is 3. The number of nitrogens with one attached hydrogen (secondary N) is 1. The molecule has 0 amide bonds. The molecule has 0 saturated carbocycles. The molecule has 0 aliphatic heterocycles. The van der Waals surface area contributed by atoms with E-state index in [9.17, 15) is 4.79 Å². The summed E-state index contributed by atoms with van der Waals surface area (Å²) in [5.74, 6) is -0.496. The fraction of sp³-hybridized carbons (Fsp3) is 0.0909. The van der Waals surface area contributed by atoms with E-state index in [0.29, 0.717) is 0 Å². The van der Waals surface area contributed by atoms with Crippen LogP contribution in [0.25, 0.3) is 6.08 Å². The Morgan fingerprint density at radius 2 is 2.06 bits per heavy atom. The fourth-order valence-corrected chi connectivity index (χ4v) is 1.05. The smallest absolute Gasteiger partial charge is 0.448 e. The molecule has 0 fully saturated rings. The summed E-state index contributed by atoms with van der Waals surface area (Å²) in [5.41, 5.74) is 7.16. The Bertz CT molecular complexity index is 457. The van der Waals surface area contributed by atoms with E-state index in [2.05, 4.69) is 4.79 Å². The summed E-state index contributed by atoms with van der Waals surface area (Å²) in [4.78, 5) is 13.4. The molecule has 0 spiro atoms. The highest BCUT2D eigenvalue weighted by atomic mass is 16.5. The second-order valence-electron chi connectivity index (χ2n) is 2.91. The van der Waals surface area contributed by atoms with Gasteiger partial charge in [0.05, 0.1) is 17.4 Å². The number of methoxy groups -OCH3 is 1. The molecule has 0 aliphatic rings. The van der Waals surface area contributed by atoms with Gasteiger partial charge in [0.2, 0.25) is 0 Å². The number of rotatable bonds is 4. The molecule has 5 nitrogen and oxygen atoms in total. The summed E-state index contributed by atoms with van der Waals surface area (Å²) < 4.78 is 4.98. The quantitative estimate of drug-likeness (QED) is 0.457. The predicted octanol–water partition coefficient (Wildman–Crippen LogP) is 1.47. The third-order valence-corrected chi connectivity index (χ3v) is 1.89. The molecular weight excluding hydrogens is 208 g/mol. The van der Waals surface area contributed by atoms with Gasteiger partial charge >= 0.3 is 11.7 Å². The van der Waals surface area contributed by atoms with Crippen molar-refractivity contribution >= 4 is 17.8 Å². The Balaban J connectivity index is 2.84. The number of benzene rings is 1. The van der Waals surface area contributed by atoms with E-state index in [1.165, 1.54) is 6.08 Å². The first-order valence-corrected chi connectivity index (χ1v) is 4.47. The number of ether oxygens (including phenoxy) is 1. The van der Waals surface area contributed by atoms with Gasteiger partial charge < -0.3 is 9.84 Å². The maximum atomic E-state index is 10.5. The molecule has 0 heterocycles. The fourth-order valence-electron chi connectivity index (χ4n) is 1.05. The molecule has 5 heteroatoms. The molecule has 1 rings (SSSR count). The van der Waals surface area contributed by atoms with Crippen molar-refractivity contribution in [2.24, 2.45) is 0 Å². The lowest BCUT2D eigenvalue weighted by atomic mass is 10.2. The van der Waals surface area contributed by atoms with Crippen LogP contribution in [0.1, 0.15) is 5.56 Å². The van der Waals surface area contributed by atoms with E-state index in [0.717, 1.165) is 11.3 Å². The summed E-state index contributed by atoms with van der Waals surface area (Å²) in [7, 11) is 1.57. The van der Waals surface area contributed by atoms with Crippen LogP contribution < -0.4 is 4.74 Å². The van der Waals surface area contributed by atoms with Crippen LogP contribution in [0, 0.1) is 5.53 Å². The first-order chi connectivity index (χ1) is 7.67. The molecule has 2 N–H and O–H groups in total. The molecule has 0 aromatic heterocycles. The topological polar surface area (TPSA) is 84.5 Å². The summed E-state index contributed by atoms with van der Waals surface area (Å²) in [6, 6.07) is 7.08. The van der Waals surface area contributed by atoms with Gasteiger partial charge in [-0.15, -0.1) is 0 Å². The van der Waals surface area contributed by atoms with Crippen molar-refractivity contribution in [2.45, 2.75) is 0 Å². The number of carbonyl (C=O) groups is 1. The van der Waals surface area contributed by atoms with E-state index < -0.39 is 5.97 Å². The molecule has 0 aliphatic carbocycles. The van der Waals surface area contributed by atoms with Gasteiger partial charge in [0, 0.05) is 6.08 Å². The first kappa shape index (κ1) is 11.7. The summed E-state index contributed by atoms with van der Waals surface area (Å²) in [6.45, 7) is 0. The molecule has 0 bridgehead atoms. The average Bonchev–Trinajstić information content (AvgIpc) is 2.30. The second kappa shape index (κ2) is 5.48. The molecule has 1 aromatic carbocycles. The van der Waals surface area contributed by atoms with Gasteiger partial charge in [-0.3, -0.25) is 0 Å². The van der Waals surface area contributed by atoms with Crippen molar-refractivity contribution in [3.05, 3.63) is 35.9 Å². The number of carboxylic acid groups (broad SMARTS) is 1. The van der Waals surface area contributed by atoms with E-state index in [1.807, 2.05) is 0 Å². The van der Waals surface area contributed by atoms with Crippen molar-refractivity contribution in [3.8, 4) is 5.75 Å². The normalized spacial score (nSPS) is 9.81. The molecule has 0 atom stereocenters. The summed E-state index contributed by atoms with van der Waals surface area (Å²) in [6.07, 6.45) is 2.85. The minimum Gasteiger partial charge on any atom is -0.497 e. The van der Waals surface area contributed by atoms with Gasteiger partial charge in [0.15, 0.2) is 0 Å². The third kappa shape index (κ3) is 3.08. The van der Waals surface area contributed by atoms with Crippen LogP contribution in [0.3, 0.4) is 0 Å². The third-order valence-electron chi connectivity index (χ3n) is 1.89. The van der Waals surface area contributed by atoms with E-state index in [1.54, 1.807) is 37.5 Å². The Hall–Kier alpha value is -2.39. The number of aliphatic carboxylic acids is 1. The van der Waals surface area contributed by atoms with E-state index >= 15 is 0 Å². The maximum Gasteiger partial charge on any atom is 0.448 e. The highest BCUT2D eigenvalue weighted by Gasteiger charge is 2.16. The first-order valence-electron chi connectivity index (χ1n) is 4.47. The largest absolute Gasteiger partial charge is 0.497 e. The van der Waals surface area contributed by atoms with Crippen LogP contribution in [0.15, 0.2) is 30.3 Å². The van der Waals surface area contributed by atoms with Gasteiger partial charge in [-0.05, 0) is 23.8 Å². The number of hydrogen-bond donors (Lipinski definition) is 2. The highest BCUT2D eigenvalue weighted by molar-refractivity contribution is 6.38. The van der Waals surface area contributed by atoms with Gasteiger partial charge in [-0.2, -0.15) is 0 Å². The monoisotopic (exact) mass is 219 g/mol. The number of carboxylic acids is 1. The predicted molar refractivity (Wildman–Crippen MR) is 57.7 cm³/mol. The SMILES string of the molecule is COc1ccc(C=CC(=[N+]=N)C(=O)O)cc1. The second-order valence-corrected chi connectivity index (χ2v) is 2.91. The average molecular weight is 219 g/mol. The minimum absolute atomic E-state index is 0.309. The van der Waals surface area contributed by atoms with Gasteiger partial charge in [-0.25, -0.2) is 4.79 Å². The van der Waals surface area contributed by atoms with Gasteiger partial charge in [0.25, 0.3) is 0 Å². The lowest BCUT2D eigenvalue weighted by Crippen LogP contribution is -2.10. The van der Waals surface area contributed by atoms with Gasteiger partial charge in [0.1, 0.15) is 5.75 Å². The van der Waals surface area contributed by atoms with Crippen molar-refractivity contribution in [1.82, 2.24) is 0 Å². The van der Waals surface area contributed by atoms with Crippen LogP contribution in [0.2, 0.25) is 0 Å². The van der Waals surface area contributed by atoms with Crippen LogP contribution in [0.5, 0.6) is 5.75 Å². The lowest BCUT2D eigenvalue weighted by molar-refractivity contribution is -0.147. The molecule has 0 unspecified atom stereocenters. The summed E-state index contributed by atoms with van der Waals surface area (Å²) >= 11 is 0. The van der Waals surface area contributed by atoms with Crippen LogP contribution in [0.4, 0.5) is 0 Å². The van der Waals surface area contributed by atoms with Crippen LogP contribution in [-0.4, -0.2) is 28.7 Å². The molecule has 0 radical (unpaired) electrons.